The van der Waals surface area contributed by atoms with E-state index in [-0.39, 0.29) is 54.7 Å². The molecule has 0 spiro atoms. The summed E-state index contributed by atoms with van der Waals surface area (Å²) in [6.07, 6.45) is -4.95. The molecule has 0 radical (unpaired) electrons. The molecule has 0 N–H and O–H groups in total. The van der Waals surface area contributed by atoms with Crippen molar-refractivity contribution < 1.29 is 18.1 Å². The third-order valence-electron chi connectivity index (χ3n) is 7.84. The molecular weight excluding hydrogens is 680 g/mol. The van der Waals surface area contributed by atoms with Crippen LogP contribution in [0.4, 0.5) is 18.9 Å². The van der Waals surface area contributed by atoms with E-state index in [1.54, 1.807) is 78.9 Å². The summed E-state index contributed by atoms with van der Waals surface area (Å²) in [5, 5.41) is 21.8. The summed E-state index contributed by atoms with van der Waals surface area (Å²) in [6, 6.07) is 32.7. The van der Waals surface area contributed by atoms with Gasteiger partial charge in [-0.3, -0.25) is 10.1 Å². The highest BCUT2D eigenvalue weighted by Gasteiger charge is 2.42. The van der Waals surface area contributed by atoms with Crippen LogP contribution in [0.5, 0.6) is 0 Å². The molecule has 0 amide bonds. The maximum absolute atomic E-state index is 15.9. The Balaban J connectivity index is 1.97. The molecule has 0 aromatic heterocycles. The van der Waals surface area contributed by atoms with Crippen LogP contribution in [0.2, 0.25) is 15.1 Å². The molecule has 236 valence electrons. The van der Waals surface area contributed by atoms with E-state index in [4.69, 9.17) is 34.8 Å². The summed E-state index contributed by atoms with van der Waals surface area (Å²) in [7, 11) is 0. The smallest absolute Gasteiger partial charge is 0.258 e. The van der Waals surface area contributed by atoms with Gasteiger partial charge in [-0.2, -0.15) is 18.4 Å². The Morgan fingerprint density at radius 3 is 1.69 bits per heavy atom. The van der Waals surface area contributed by atoms with E-state index in [1.165, 1.54) is 42.5 Å². The van der Waals surface area contributed by atoms with Gasteiger partial charge >= 0.3 is 6.18 Å². The molecule has 48 heavy (non-hydrogen) atoms. The number of nitrogens with zero attached hydrogens (tertiary/aromatic N) is 2. The van der Waals surface area contributed by atoms with Crippen molar-refractivity contribution in [2.75, 3.05) is 0 Å². The first-order chi connectivity index (χ1) is 23.0. The molecule has 10 heteroatoms. The largest absolute Gasteiger partial charge is 0.417 e. The zero-order valence-corrected chi connectivity index (χ0v) is 26.8. The second-order valence-electron chi connectivity index (χ2n) is 10.7. The van der Waals surface area contributed by atoms with Crippen LogP contribution < -0.4 is 0 Å². The van der Waals surface area contributed by atoms with Crippen LogP contribution in [0.15, 0.2) is 121 Å². The summed E-state index contributed by atoms with van der Waals surface area (Å²) in [6.45, 7) is 0. The van der Waals surface area contributed by atoms with Gasteiger partial charge in [-0.25, -0.2) is 0 Å². The lowest BCUT2D eigenvalue weighted by atomic mass is 9.75. The average Bonchev–Trinajstić information content (AvgIpc) is 3.07. The van der Waals surface area contributed by atoms with Gasteiger partial charge in [0.25, 0.3) is 5.69 Å². The number of nitriles is 1. The standard InChI is InChI=1S/C38H20Cl3F3N2O2/c39-27-16-12-24(13-17-27)33-32(23-10-8-22(21-45)9-11-23)34(25-14-18-29(19-15-25)46(47)48)36(30-6-1-2-7-31(30)41)37(38(42,43)44)35(33)26-4-3-5-28(40)20-26/h1-20H. The van der Waals surface area contributed by atoms with E-state index in [9.17, 15) is 15.4 Å². The number of benzene rings is 6. The van der Waals surface area contributed by atoms with Crippen molar-refractivity contribution in [2.24, 2.45) is 0 Å². The van der Waals surface area contributed by atoms with Crippen molar-refractivity contribution in [1.29, 1.82) is 5.26 Å². The fraction of sp³-hybridized carbons (Fsp3) is 0.0263. The fourth-order valence-corrected chi connectivity index (χ4v) is 6.39. The Kier molecular flexibility index (Phi) is 9.00. The predicted molar refractivity (Wildman–Crippen MR) is 185 cm³/mol. The van der Waals surface area contributed by atoms with Crippen LogP contribution in [0.3, 0.4) is 0 Å². The fourth-order valence-electron chi connectivity index (χ4n) is 5.84. The Morgan fingerprint density at radius 1 is 0.604 bits per heavy atom. The summed E-state index contributed by atoms with van der Waals surface area (Å²) < 4.78 is 47.8. The first-order valence-electron chi connectivity index (χ1n) is 14.3. The topological polar surface area (TPSA) is 66.9 Å². The number of nitro groups is 1. The van der Waals surface area contributed by atoms with Crippen LogP contribution in [0.1, 0.15) is 11.1 Å². The Bertz CT molecular complexity index is 2230. The Labute approximate surface area is 288 Å². The summed E-state index contributed by atoms with van der Waals surface area (Å²) in [4.78, 5) is 11.0. The average molecular weight is 700 g/mol. The molecule has 6 aromatic carbocycles. The number of halogens is 6. The van der Waals surface area contributed by atoms with Crippen molar-refractivity contribution in [3.63, 3.8) is 0 Å². The molecule has 0 unspecified atom stereocenters. The number of non-ortho nitro benzene ring substituents is 1. The Hall–Kier alpha value is -5.13. The van der Waals surface area contributed by atoms with Crippen LogP contribution >= 0.6 is 34.8 Å². The van der Waals surface area contributed by atoms with E-state index in [0.29, 0.717) is 27.3 Å². The van der Waals surface area contributed by atoms with Gasteiger partial charge in [-0.15, -0.1) is 0 Å². The van der Waals surface area contributed by atoms with Crippen molar-refractivity contribution in [3.8, 4) is 61.7 Å². The van der Waals surface area contributed by atoms with Gasteiger partial charge in [0.05, 0.1) is 22.1 Å². The summed E-state index contributed by atoms with van der Waals surface area (Å²) >= 11 is 19.4. The lowest BCUT2D eigenvalue weighted by Gasteiger charge is -2.29. The van der Waals surface area contributed by atoms with Crippen molar-refractivity contribution in [3.05, 3.63) is 158 Å². The molecule has 0 saturated heterocycles. The molecule has 6 rings (SSSR count). The first kappa shape index (κ1) is 32.8. The Morgan fingerprint density at radius 2 is 1.15 bits per heavy atom. The molecule has 4 nitrogen and oxygen atoms in total. The number of hydrogen-bond donors (Lipinski definition) is 0. The highest BCUT2D eigenvalue weighted by molar-refractivity contribution is 6.34. The van der Waals surface area contributed by atoms with E-state index >= 15 is 13.2 Å². The zero-order chi connectivity index (χ0) is 34.2. The highest BCUT2D eigenvalue weighted by Crippen LogP contribution is 2.57. The number of nitro benzene ring substituents is 1. The minimum Gasteiger partial charge on any atom is -0.258 e. The first-order valence-corrected chi connectivity index (χ1v) is 15.4. The molecule has 0 bridgehead atoms. The maximum atomic E-state index is 15.9. The lowest BCUT2D eigenvalue weighted by Crippen LogP contribution is -2.13. The van der Waals surface area contributed by atoms with E-state index in [2.05, 4.69) is 6.07 Å². The van der Waals surface area contributed by atoms with E-state index in [1.807, 2.05) is 0 Å². The molecule has 6 aromatic rings. The molecule has 0 heterocycles. The summed E-state index contributed by atoms with van der Waals surface area (Å²) in [5.41, 5.74) is 0.904. The second kappa shape index (κ2) is 13.2. The molecular formula is C38H20Cl3F3N2O2. The summed E-state index contributed by atoms with van der Waals surface area (Å²) in [5.74, 6) is 0. The third-order valence-corrected chi connectivity index (χ3v) is 8.66. The third kappa shape index (κ3) is 6.26. The van der Waals surface area contributed by atoms with Crippen LogP contribution in [0.25, 0.3) is 55.6 Å². The lowest BCUT2D eigenvalue weighted by molar-refractivity contribution is -0.384. The van der Waals surface area contributed by atoms with Gasteiger partial charge in [0.2, 0.25) is 0 Å². The number of alkyl halides is 3. The van der Waals surface area contributed by atoms with Crippen molar-refractivity contribution in [1.82, 2.24) is 0 Å². The molecule has 0 aliphatic carbocycles. The van der Waals surface area contributed by atoms with Crippen molar-refractivity contribution >= 4 is 40.5 Å². The molecule has 0 atom stereocenters. The van der Waals surface area contributed by atoms with Gasteiger partial charge < -0.3 is 0 Å². The van der Waals surface area contributed by atoms with Gasteiger partial charge in [-0.1, -0.05) is 89.4 Å². The van der Waals surface area contributed by atoms with E-state index in [0.717, 1.165) is 0 Å². The highest BCUT2D eigenvalue weighted by atomic mass is 35.5. The van der Waals surface area contributed by atoms with Gasteiger partial charge in [0.1, 0.15) is 0 Å². The molecule has 0 aliphatic heterocycles. The van der Waals surface area contributed by atoms with E-state index < -0.39 is 16.7 Å². The normalized spacial score (nSPS) is 11.3. The quantitative estimate of drug-likeness (QED) is 0.128. The van der Waals surface area contributed by atoms with Gasteiger partial charge in [-0.05, 0) is 93.5 Å². The van der Waals surface area contributed by atoms with Gasteiger partial charge in [0, 0.05) is 43.9 Å². The SMILES string of the molecule is N#Cc1ccc(-c2c(-c3ccc(Cl)cc3)c(-c3cccc(Cl)c3)c(C(F)(F)F)c(-c3ccccc3Cl)c2-c2ccc([N+](=O)[O-])cc2)cc1. The minimum absolute atomic E-state index is 0.0632. The number of rotatable bonds is 6. The van der Waals surface area contributed by atoms with Crippen molar-refractivity contribution in [2.45, 2.75) is 6.18 Å². The van der Waals surface area contributed by atoms with Crippen LogP contribution in [-0.2, 0) is 6.18 Å². The minimum atomic E-state index is -4.95. The van der Waals surface area contributed by atoms with Gasteiger partial charge in [0.15, 0.2) is 0 Å². The predicted octanol–water partition coefficient (Wildman–Crippen LogP) is 12.8. The molecule has 0 fully saturated rings. The molecule has 0 saturated carbocycles. The second-order valence-corrected chi connectivity index (χ2v) is 12.0. The number of hydrogen-bond acceptors (Lipinski definition) is 3. The maximum Gasteiger partial charge on any atom is 0.417 e. The zero-order valence-electron chi connectivity index (χ0n) is 24.5. The monoisotopic (exact) mass is 698 g/mol. The van der Waals surface area contributed by atoms with Crippen LogP contribution in [-0.4, -0.2) is 4.92 Å². The van der Waals surface area contributed by atoms with Crippen LogP contribution in [0, 0.1) is 21.4 Å². The molecule has 0 aliphatic rings.